The second-order valence-corrected chi connectivity index (χ2v) is 5.24. The first-order chi connectivity index (χ1) is 9.61. The number of nitrogens with zero attached hydrogens (tertiary/aromatic N) is 1. The Morgan fingerprint density at radius 2 is 2.40 bits per heavy atom. The van der Waals surface area contributed by atoms with E-state index in [1.165, 1.54) is 0 Å². The van der Waals surface area contributed by atoms with Gasteiger partial charge in [0.2, 0.25) is 0 Å². The van der Waals surface area contributed by atoms with Gasteiger partial charge < -0.3 is 9.84 Å². The third-order valence-electron chi connectivity index (χ3n) is 3.39. The number of carboxylic acids is 1. The van der Waals surface area contributed by atoms with Crippen molar-refractivity contribution in [3.8, 4) is 5.75 Å². The Kier molecular flexibility index (Phi) is 5.04. The SMILES string of the molecule is C=CCOc1ccc(CN2CCC[C@H]2C(=O)O)cc1Cl. The van der Waals surface area contributed by atoms with E-state index in [2.05, 4.69) is 6.58 Å². The minimum atomic E-state index is -0.750. The van der Waals surface area contributed by atoms with Gasteiger partial charge in [-0.1, -0.05) is 30.3 Å². The molecule has 5 heteroatoms. The van der Waals surface area contributed by atoms with Gasteiger partial charge in [0, 0.05) is 6.54 Å². The fourth-order valence-electron chi connectivity index (χ4n) is 2.44. The van der Waals surface area contributed by atoms with Crippen molar-refractivity contribution >= 4 is 17.6 Å². The third kappa shape index (κ3) is 3.52. The van der Waals surface area contributed by atoms with Gasteiger partial charge in [-0.2, -0.15) is 0 Å². The van der Waals surface area contributed by atoms with Gasteiger partial charge >= 0.3 is 5.97 Å². The summed E-state index contributed by atoms with van der Waals surface area (Å²) in [5.41, 5.74) is 0.995. The van der Waals surface area contributed by atoms with Gasteiger partial charge in [-0.3, -0.25) is 9.69 Å². The van der Waals surface area contributed by atoms with E-state index in [0.717, 1.165) is 18.5 Å². The van der Waals surface area contributed by atoms with E-state index in [4.69, 9.17) is 21.4 Å². The Hall–Kier alpha value is -1.52. The first-order valence-electron chi connectivity index (χ1n) is 6.61. The first kappa shape index (κ1) is 14.9. The maximum Gasteiger partial charge on any atom is 0.320 e. The van der Waals surface area contributed by atoms with E-state index in [1.54, 1.807) is 6.08 Å². The molecule has 0 unspecified atom stereocenters. The quantitative estimate of drug-likeness (QED) is 0.820. The van der Waals surface area contributed by atoms with Crippen molar-refractivity contribution < 1.29 is 14.6 Å². The summed E-state index contributed by atoms with van der Waals surface area (Å²) in [5, 5.41) is 9.70. The summed E-state index contributed by atoms with van der Waals surface area (Å²) in [6, 6.07) is 5.18. The lowest BCUT2D eigenvalue weighted by Gasteiger charge is -2.21. The fraction of sp³-hybridized carbons (Fsp3) is 0.400. The van der Waals surface area contributed by atoms with Crippen LogP contribution in [0.25, 0.3) is 0 Å². The molecule has 1 aliphatic rings. The molecule has 2 rings (SSSR count). The van der Waals surface area contributed by atoms with Gasteiger partial charge in [-0.15, -0.1) is 0 Å². The minimum Gasteiger partial charge on any atom is -0.488 e. The molecule has 1 saturated heterocycles. The van der Waals surface area contributed by atoms with Crippen LogP contribution in [0.15, 0.2) is 30.9 Å². The van der Waals surface area contributed by atoms with Crippen LogP contribution < -0.4 is 4.74 Å². The molecule has 1 N–H and O–H groups in total. The number of carbonyl (C=O) groups is 1. The van der Waals surface area contributed by atoms with Crippen LogP contribution in [0.5, 0.6) is 5.75 Å². The van der Waals surface area contributed by atoms with Crippen molar-refractivity contribution in [2.75, 3.05) is 13.2 Å². The number of ether oxygens (including phenoxy) is 1. The molecule has 0 bridgehead atoms. The number of hydrogen-bond donors (Lipinski definition) is 1. The van der Waals surface area contributed by atoms with E-state index in [1.807, 2.05) is 23.1 Å². The van der Waals surface area contributed by atoms with Crippen molar-refractivity contribution in [3.05, 3.63) is 41.4 Å². The molecule has 20 heavy (non-hydrogen) atoms. The number of carboxylic acid groups (broad SMARTS) is 1. The fourth-order valence-corrected chi connectivity index (χ4v) is 2.70. The van der Waals surface area contributed by atoms with Gasteiger partial charge in [0.1, 0.15) is 18.4 Å². The largest absolute Gasteiger partial charge is 0.488 e. The Morgan fingerprint density at radius 3 is 3.05 bits per heavy atom. The van der Waals surface area contributed by atoms with Crippen LogP contribution in [-0.4, -0.2) is 35.2 Å². The summed E-state index contributed by atoms with van der Waals surface area (Å²) in [7, 11) is 0. The molecular formula is C15H18ClNO3. The number of hydrogen-bond acceptors (Lipinski definition) is 3. The second-order valence-electron chi connectivity index (χ2n) is 4.83. The lowest BCUT2D eigenvalue weighted by Crippen LogP contribution is -2.35. The van der Waals surface area contributed by atoms with Crippen molar-refractivity contribution in [2.45, 2.75) is 25.4 Å². The molecule has 0 aromatic heterocycles. The van der Waals surface area contributed by atoms with E-state index in [0.29, 0.717) is 30.3 Å². The number of halogens is 1. The highest BCUT2D eigenvalue weighted by molar-refractivity contribution is 6.32. The zero-order valence-electron chi connectivity index (χ0n) is 11.2. The predicted octanol–water partition coefficient (Wildman–Crippen LogP) is 2.95. The van der Waals surface area contributed by atoms with Crippen molar-refractivity contribution in [1.29, 1.82) is 0 Å². The molecule has 0 radical (unpaired) electrons. The molecule has 1 atom stereocenters. The monoisotopic (exact) mass is 295 g/mol. The Balaban J connectivity index is 2.04. The second kappa shape index (κ2) is 6.77. The summed E-state index contributed by atoms with van der Waals surface area (Å²) >= 11 is 6.16. The van der Waals surface area contributed by atoms with Crippen molar-refractivity contribution in [3.63, 3.8) is 0 Å². The Bertz CT molecular complexity index is 504. The van der Waals surface area contributed by atoms with E-state index in [-0.39, 0.29) is 6.04 Å². The van der Waals surface area contributed by atoms with Gasteiger partial charge in [-0.05, 0) is 37.1 Å². The van der Waals surface area contributed by atoms with Crippen LogP contribution in [-0.2, 0) is 11.3 Å². The zero-order valence-corrected chi connectivity index (χ0v) is 12.0. The molecule has 4 nitrogen and oxygen atoms in total. The summed E-state index contributed by atoms with van der Waals surface area (Å²) in [6.07, 6.45) is 3.29. The van der Waals surface area contributed by atoms with E-state index < -0.39 is 5.97 Å². The highest BCUT2D eigenvalue weighted by atomic mass is 35.5. The average molecular weight is 296 g/mol. The molecule has 108 valence electrons. The number of benzene rings is 1. The third-order valence-corrected chi connectivity index (χ3v) is 3.68. The molecule has 1 aromatic rings. The highest BCUT2D eigenvalue weighted by Crippen LogP contribution is 2.27. The van der Waals surface area contributed by atoms with Crippen LogP contribution in [0.3, 0.4) is 0 Å². The van der Waals surface area contributed by atoms with E-state index in [9.17, 15) is 4.79 Å². The zero-order chi connectivity index (χ0) is 14.5. The number of rotatable bonds is 6. The number of likely N-dealkylation sites (tertiary alicyclic amines) is 1. The van der Waals surface area contributed by atoms with Gasteiger partial charge in [0.15, 0.2) is 0 Å². The standard InChI is InChI=1S/C15H18ClNO3/c1-2-8-20-14-6-5-11(9-12(14)16)10-17-7-3-4-13(17)15(18)19/h2,5-6,9,13H,1,3-4,7-8,10H2,(H,18,19)/t13-/m0/s1. The molecule has 1 aliphatic heterocycles. The molecule has 0 spiro atoms. The molecule has 0 saturated carbocycles. The predicted molar refractivity (Wildman–Crippen MR) is 78.2 cm³/mol. The molecule has 1 heterocycles. The molecule has 0 aliphatic carbocycles. The lowest BCUT2D eigenvalue weighted by atomic mass is 10.1. The Morgan fingerprint density at radius 1 is 1.60 bits per heavy atom. The average Bonchev–Trinajstić information content (AvgIpc) is 2.86. The summed E-state index contributed by atoms with van der Waals surface area (Å²) < 4.78 is 5.41. The van der Waals surface area contributed by atoms with Crippen LogP contribution in [0.2, 0.25) is 5.02 Å². The van der Waals surface area contributed by atoms with Crippen LogP contribution in [0, 0.1) is 0 Å². The minimum absolute atomic E-state index is 0.384. The van der Waals surface area contributed by atoms with Crippen LogP contribution in [0.1, 0.15) is 18.4 Å². The maximum atomic E-state index is 11.1. The first-order valence-corrected chi connectivity index (χ1v) is 6.98. The Labute approximate surface area is 123 Å². The normalized spacial score (nSPS) is 18.9. The molecule has 1 aromatic carbocycles. The highest BCUT2D eigenvalue weighted by Gasteiger charge is 2.30. The summed E-state index contributed by atoms with van der Waals surface area (Å²) in [5.74, 6) is -0.133. The van der Waals surface area contributed by atoms with Gasteiger partial charge in [0.25, 0.3) is 0 Å². The molecule has 1 fully saturated rings. The number of aliphatic carboxylic acids is 1. The van der Waals surface area contributed by atoms with Crippen LogP contribution >= 0.6 is 11.6 Å². The van der Waals surface area contributed by atoms with Gasteiger partial charge in [-0.25, -0.2) is 0 Å². The van der Waals surface area contributed by atoms with Crippen molar-refractivity contribution in [2.24, 2.45) is 0 Å². The van der Waals surface area contributed by atoms with E-state index >= 15 is 0 Å². The summed E-state index contributed by atoms with van der Waals surface area (Å²) in [4.78, 5) is 13.1. The topological polar surface area (TPSA) is 49.8 Å². The smallest absolute Gasteiger partial charge is 0.320 e. The molecular weight excluding hydrogens is 278 g/mol. The summed E-state index contributed by atoms with van der Waals surface area (Å²) in [6.45, 7) is 5.40. The molecule has 0 amide bonds. The van der Waals surface area contributed by atoms with Gasteiger partial charge in [0.05, 0.1) is 5.02 Å². The maximum absolute atomic E-state index is 11.1. The van der Waals surface area contributed by atoms with Crippen molar-refractivity contribution in [1.82, 2.24) is 4.90 Å². The van der Waals surface area contributed by atoms with Crippen LogP contribution in [0.4, 0.5) is 0 Å². The lowest BCUT2D eigenvalue weighted by molar-refractivity contribution is -0.142.